The monoisotopic (exact) mass is 316 g/mol. The highest BCUT2D eigenvalue weighted by Crippen LogP contribution is 2.13. The summed E-state index contributed by atoms with van der Waals surface area (Å²) in [5.41, 5.74) is 2.18. The first-order valence-corrected chi connectivity index (χ1v) is 8.80. The highest BCUT2D eigenvalue weighted by molar-refractivity contribution is 5.92. The van der Waals surface area contributed by atoms with Gasteiger partial charge in [-0.3, -0.25) is 14.6 Å². The molecule has 1 aromatic carbocycles. The predicted molar refractivity (Wildman–Crippen MR) is 93.7 cm³/mol. The molecule has 5 heteroatoms. The average Bonchev–Trinajstić information content (AvgIpc) is 3.11. The van der Waals surface area contributed by atoms with Gasteiger partial charge < -0.3 is 10.6 Å². The molecule has 3 rings (SSSR count). The van der Waals surface area contributed by atoms with Crippen molar-refractivity contribution in [3.63, 3.8) is 0 Å². The van der Waals surface area contributed by atoms with Gasteiger partial charge in [-0.25, -0.2) is 0 Å². The molecule has 2 heterocycles. The number of piperazine rings is 1. The molecule has 1 unspecified atom stereocenters. The van der Waals surface area contributed by atoms with Crippen LogP contribution < -0.4 is 10.6 Å². The Kier molecular flexibility index (Phi) is 5.65. The fraction of sp³-hybridized carbons (Fsp3) is 0.611. The molecule has 0 bridgehead atoms. The molecule has 23 heavy (non-hydrogen) atoms. The maximum atomic E-state index is 12.2. The minimum Gasteiger partial charge on any atom is -0.325 e. The lowest BCUT2D eigenvalue weighted by Crippen LogP contribution is -2.52. The van der Waals surface area contributed by atoms with Crippen LogP contribution in [0.25, 0.3) is 0 Å². The molecule has 0 radical (unpaired) electrons. The number of hydrogen-bond donors (Lipinski definition) is 2. The van der Waals surface area contributed by atoms with Crippen molar-refractivity contribution >= 4 is 11.6 Å². The Morgan fingerprint density at radius 2 is 1.96 bits per heavy atom. The highest BCUT2D eigenvalue weighted by Gasteiger charge is 2.26. The molecule has 0 spiro atoms. The van der Waals surface area contributed by atoms with E-state index in [4.69, 9.17) is 0 Å². The molecule has 5 nitrogen and oxygen atoms in total. The number of hydrogen-bond acceptors (Lipinski definition) is 4. The molecule has 0 aliphatic carbocycles. The molecular formula is C18H28N4O. The van der Waals surface area contributed by atoms with Crippen molar-refractivity contribution < 1.29 is 4.79 Å². The Labute approximate surface area is 139 Å². The minimum absolute atomic E-state index is 0.0882. The van der Waals surface area contributed by atoms with E-state index in [-0.39, 0.29) is 5.91 Å². The normalized spacial score (nSPS) is 23.1. The highest BCUT2D eigenvalue weighted by atomic mass is 16.2. The van der Waals surface area contributed by atoms with Crippen LogP contribution in [0.2, 0.25) is 0 Å². The van der Waals surface area contributed by atoms with Gasteiger partial charge in [0, 0.05) is 44.5 Å². The van der Waals surface area contributed by atoms with Gasteiger partial charge in [0.2, 0.25) is 5.91 Å². The summed E-state index contributed by atoms with van der Waals surface area (Å²) in [6, 6.07) is 8.82. The summed E-state index contributed by atoms with van der Waals surface area (Å²) in [5, 5.41) is 6.43. The summed E-state index contributed by atoms with van der Waals surface area (Å²) < 4.78 is 0. The maximum absolute atomic E-state index is 12.2. The van der Waals surface area contributed by atoms with Crippen molar-refractivity contribution in [3.8, 4) is 0 Å². The van der Waals surface area contributed by atoms with E-state index in [1.54, 1.807) is 0 Å². The number of rotatable bonds is 5. The van der Waals surface area contributed by atoms with E-state index < -0.39 is 0 Å². The molecule has 2 saturated heterocycles. The van der Waals surface area contributed by atoms with Gasteiger partial charge in [0.15, 0.2) is 0 Å². The minimum atomic E-state index is 0.0882. The van der Waals surface area contributed by atoms with Crippen molar-refractivity contribution in [1.29, 1.82) is 0 Å². The molecule has 2 aliphatic heterocycles. The maximum Gasteiger partial charge on any atom is 0.238 e. The van der Waals surface area contributed by atoms with Crippen molar-refractivity contribution in [3.05, 3.63) is 29.8 Å². The van der Waals surface area contributed by atoms with Crippen LogP contribution in [0.3, 0.4) is 0 Å². The summed E-state index contributed by atoms with van der Waals surface area (Å²) in [6.07, 6.45) is 2.28. The number of nitrogens with one attached hydrogen (secondary N) is 2. The second kappa shape index (κ2) is 7.90. The zero-order valence-electron chi connectivity index (χ0n) is 14.1. The lowest BCUT2D eigenvalue weighted by molar-refractivity contribution is -0.117. The first-order chi connectivity index (χ1) is 11.2. The van der Waals surface area contributed by atoms with Gasteiger partial charge in [0.25, 0.3) is 0 Å². The third-order valence-corrected chi connectivity index (χ3v) is 4.97. The SMILES string of the molecule is CCc1ccc(NC(=O)CN2CCN(C3CCNC3)CC2)cc1. The molecular weight excluding hydrogens is 288 g/mol. The van der Waals surface area contributed by atoms with Crippen molar-refractivity contribution in [2.24, 2.45) is 0 Å². The fourth-order valence-corrected chi connectivity index (χ4v) is 3.47. The Morgan fingerprint density at radius 1 is 1.22 bits per heavy atom. The molecule has 1 atom stereocenters. The Hall–Kier alpha value is -1.43. The van der Waals surface area contributed by atoms with E-state index in [2.05, 4.69) is 39.5 Å². The summed E-state index contributed by atoms with van der Waals surface area (Å²) in [5.74, 6) is 0.0882. The van der Waals surface area contributed by atoms with Crippen molar-refractivity contribution in [2.75, 3.05) is 51.1 Å². The Morgan fingerprint density at radius 3 is 2.57 bits per heavy atom. The van der Waals surface area contributed by atoms with Crippen LogP contribution in [0, 0.1) is 0 Å². The van der Waals surface area contributed by atoms with Gasteiger partial charge in [-0.1, -0.05) is 19.1 Å². The van der Waals surface area contributed by atoms with E-state index in [1.165, 1.54) is 12.0 Å². The third kappa shape index (κ3) is 4.53. The van der Waals surface area contributed by atoms with Gasteiger partial charge in [0.05, 0.1) is 6.54 Å². The Balaban J connectivity index is 1.41. The lowest BCUT2D eigenvalue weighted by Gasteiger charge is -2.37. The van der Waals surface area contributed by atoms with Crippen LogP contribution in [-0.4, -0.2) is 67.6 Å². The van der Waals surface area contributed by atoms with E-state index >= 15 is 0 Å². The lowest BCUT2D eigenvalue weighted by atomic mass is 10.1. The van der Waals surface area contributed by atoms with Crippen LogP contribution >= 0.6 is 0 Å². The molecule has 126 valence electrons. The molecule has 0 aromatic heterocycles. The zero-order chi connectivity index (χ0) is 16.1. The van der Waals surface area contributed by atoms with Crippen LogP contribution in [0.4, 0.5) is 5.69 Å². The van der Waals surface area contributed by atoms with Crippen LogP contribution in [0.5, 0.6) is 0 Å². The zero-order valence-corrected chi connectivity index (χ0v) is 14.1. The molecule has 0 saturated carbocycles. The first-order valence-electron chi connectivity index (χ1n) is 8.80. The van der Waals surface area contributed by atoms with Crippen LogP contribution in [-0.2, 0) is 11.2 Å². The summed E-state index contributed by atoms with van der Waals surface area (Å²) in [4.78, 5) is 17.0. The smallest absolute Gasteiger partial charge is 0.238 e. The van der Waals surface area contributed by atoms with E-state index in [1.807, 2.05) is 12.1 Å². The first kappa shape index (κ1) is 16.4. The van der Waals surface area contributed by atoms with E-state index in [0.717, 1.165) is 51.4 Å². The molecule has 2 fully saturated rings. The molecule has 1 aromatic rings. The largest absolute Gasteiger partial charge is 0.325 e. The third-order valence-electron chi connectivity index (χ3n) is 4.97. The standard InChI is InChI=1S/C18H28N4O/c1-2-15-3-5-16(6-4-15)20-18(23)14-21-9-11-22(12-10-21)17-7-8-19-13-17/h3-6,17,19H,2,7-14H2,1H3,(H,20,23). The van der Waals surface area contributed by atoms with E-state index in [9.17, 15) is 4.79 Å². The number of amides is 1. The summed E-state index contributed by atoms with van der Waals surface area (Å²) in [7, 11) is 0. The number of nitrogens with zero attached hydrogens (tertiary/aromatic N) is 2. The fourth-order valence-electron chi connectivity index (χ4n) is 3.47. The quantitative estimate of drug-likeness (QED) is 0.856. The topological polar surface area (TPSA) is 47.6 Å². The van der Waals surface area contributed by atoms with Gasteiger partial charge in [-0.2, -0.15) is 0 Å². The predicted octanol–water partition coefficient (Wildman–Crippen LogP) is 1.17. The van der Waals surface area contributed by atoms with Crippen LogP contribution in [0.1, 0.15) is 18.9 Å². The Bertz CT molecular complexity index is 502. The van der Waals surface area contributed by atoms with Gasteiger partial charge in [0.1, 0.15) is 0 Å². The second-order valence-electron chi connectivity index (χ2n) is 6.56. The average molecular weight is 316 g/mol. The number of carbonyl (C=O) groups excluding carboxylic acids is 1. The van der Waals surface area contributed by atoms with Gasteiger partial charge in [-0.05, 0) is 37.1 Å². The van der Waals surface area contributed by atoms with Crippen LogP contribution in [0.15, 0.2) is 24.3 Å². The second-order valence-corrected chi connectivity index (χ2v) is 6.56. The molecule has 1 amide bonds. The van der Waals surface area contributed by atoms with Gasteiger partial charge >= 0.3 is 0 Å². The summed E-state index contributed by atoms with van der Waals surface area (Å²) >= 11 is 0. The number of carbonyl (C=O) groups is 1. The van der Waals surface area contributed by atoms with E-state index in [0.29, 0.717) is 12.6 Å². The number of anilines is 1. The molecule has 2 aliphatic rings. The number of benzene rings is 1. The van der Waals surface area contributed by atoms with Crippen molar-refractivity contribution in [2.45, 2.75) is 25.8 Å². The van der Waals surface area contributed by atoms with Crippen molar-refractivity contribution in [1.82, 2.24) is 15.1 Å². The molecule has 2 N–H and O–H groups in total. The number of aryl methyl sites for hydroxylation is 1. The van der Waals surface area contributed by atoms with Gasteiger partial charge in [-0.15, -0.1) is 0 Å². The summed E-state index contributed by atoms with van der Waals surface area (Å²) in [6.45, 7) is 9.01.